The van der Waals surface area contributed by atoms with Gasteiger partial charge in [-0.2, -0.15) is 0 Å². The summed E-state index contributed by atoms with van der Waals surface area (Å²) in [6.07, 6.45) is 0. The Labute approximate surface area is 115 Å². The first-order chi connectivity index (χ1) is 9.10. The van der Waals surface area contributed by atoms with E-state index in [0.29, 0.717) is 11.4 Å². The Hall–Kier alpha value is -2.14. The van der Waals surface area contributed by atoms with Gasteiger partial charge in [0.25, 0.3) is 5.91 Å². The van der Waals surface area contributed by atoms with Gasteiger partial charge < -0.3 is 10.1 Å². The highest BCUT2D eigenvalue weighted by atomic mass is 35.5. The number of amides is 1. The van der Waals surface area contributed by atoms with Crippen LogP contribution in [0.15, 0.2) is 30.3 Å². The van der Waals surface area contributed by atoms with E-state index in [4.69, 9.17) is 16.3 Å². The topological polar surface area (TPSA) is 64.1 Å². The molecule has 1 aromatic heterocycles. The van der Waals surface area contributed by atoms with E-state index in [1.54, 1.807) is 13.2 Å². The van der Waals surface area contributed by atoms with Gasteiger partial charge in [0.15, 0.2) is 10.8 Å². The van der Waals surface area contributed by atoms with Crippen LogP contribution in [0.2, 0.25) is 5.15 Å². The number of aryl methyl sites for hydroxylation is 1. The Balaban J connectivity index is 2.23. The second-order valence-electron chi connectivity index (χ2n) is 3.90. The number of halogens is 1. The Morgan fingerprint density at radius 1 is 1.26 bits per heavy atom. The zero-order valence-electron chi connectivity index (χ0n) is 10.5. The summed E-state index contributed by atoms with van der Waals surface area (Å²) in [5.74, 6) is 0.217. The molecule has 1 amide bonds. The summed E-state index contributed by atoms with van der Waals surface area (Å²) in [5, 5.41) is 10.3. The molecule has 1 heterocycles. The predicted molar refractivity (Wildman–Crippen MR) is 72.7 cm³/mol. The fourth-order valence-corrected chi connectivity index (χ4v) is 1.64. The van der Waals surface area contributed by atoms with Crippen LogP contribution in [-0.2, 0) is 0 Å². The summed E-state index contributed by atoms with van der Waals surface area (Å²) in [5.41, 5.74) is 1.79. The fraction of sp³-hybridized carbons (Fsp3) is 0.154. The standard InChI is InChI=1S/C13H12ClN3O2/c1-8-3-5-11(19-2)10(7-8)15-13(18)9-4-6-12(14)17-16-9/h3-7H,1-2H3,(H,15,18). The zero-order chi connectivity index (χ0) is 13.8. The monoisotopic (exact) mass is 277 g/mol. The average Bonchev–Trinajstić information content (AvgIpc) is 2.39. The Morgan fingerprint density at radius 2 is 2.05 bits per heavy atom. The predicted octanol–water partition coefficient (Wildman–Crippen LogP) is 2.70. The first kappa shape index (κ1) is 13.3. The minimum absolute atomic E-state index is 0.188. The molecule has 2 rings (SSSR count). The molecule has 0 unspecified atom stereocenters. The summed E-state index contributed by atoms with van der Waals surface area (Å²) in [6, 6.07) is 8.53. The molecule has 2 aromatic rings. The molecule has 0 aliphatic rings. The SMILES string of the molecule is COc1ccc(C)cc1NC(=O)c1ccc(Cl)nn1. The van der Waals surface area contributed by atoms with E-state index in [1.807, 2.05) is 19.1 Å². The normalized spacial score (nSPS) is 10.1. The summed E-state index contributed by atoms with van der Waals surface area (Å²) < 4.78 is 5.18. The summed E-state index contributed by atoms with van der Waals surface area (Å²) in [7, 11) is 1.54. The minimum Gasteiger partial charge on any atom is -0.495 e. The van der Waals surface area contributed by atoms with Crippen LogP contribution in [0.5, 0.6) is 5.75 Å². The van der Waals surface area contributed by atoms with Gasteiger partial charge in [-0.3, -0.25) is 4.79 Å². The molecule has 0 spiro atoms. The molecule has 0 fully saturated rings. The van der Waals surface area contributed by atoms with E-state index in [1.165, 1.54) is 12.1 Å². The third-order valence-electron chi connectivity index (χ3n) is 2.47. The number of carbonyl (C=O) groups excluding carboxylic acids is 1. The molecule has 5 nitrogen and oxygen atoms in total. The minimum atomic E-state index is -0.368. The third kappa shape index (κ3) is 3.20. The highest BCUT2D eigenvalue weighted by molar-refractivity contribution is 6.29. The van der Waals surface area contributed by atoms with Crippen LogP contribution in [0.25, 0.3) is 0 Å². The molecular weight excluding hydrogens is 266 g/mol. The molecule has 0 aliphatic carbocycles. The fourth-order valence-electron chi connectivity index (χ4n) is 1.54. The molecule has 1 N–H and O–H groups in total. The first-order valence-electron chi connectivity index (χ1n) is 5.55. The number of ether oxygens (including phenoxy) is 1. The molecule has 1 aromatic carbocycles. The van der Waals surface area contributed by atoms with Gasteiger partial charge in [0.2, 0.25) is 0 Å². The summed E-state index contributed by atoms with van der Waals surface area (Å²) in [6.45, 7) is 1.93. The zero-order valence-corrected chi connectivity index (χ0v) is 11.2. The number of hydrogen-bond acceptors (Lipinski definition) is 4. The molecule has 0 atom stereocenters. The van der Waals surface area contributed by atoms with Crippen molar-refractivity contribution in [3.8, 4) is 5.75 Å². The summed E-state index contributed by atoms with van der Waals surface area (Å²) >= 11 is 5.62. The largest absolute Gasteiger partial charge is 0.495 e. The van der Waals surface area contributed by atoms with Crippen LogP contribution in [0, 0.1) is 6.92 Å². The van der Waals surface area contributed by atoms with Crippen molar-refractivity contribution < 1.29 is 9.53 Å². The second kappa shape index (κ2) is 5.67. The Bertz CT molecular complexity index is 599. The molecule has 6 heteroatoms. The highest BCUT2D eigenvalue weighted by Crippen LogP contribution is 2.25. The molecule has 0 aliphatic heterocycles. The molecule has 0 saturated heterocycles. The molecule has 0 radical (unpaired) electrons. The van der Waals surface area contributed by atoms with Crippen molar-refractivity contribution in [2.45, 2.75) is 6.92 Å². The smallest absolute Gasteiger partial charge is 0.276 e. The van der Waals surface area contributed by atoms with Gasteiger partial charge in [0, 0.05) is 0 Å². The van der Waals surface area contributed by atoms with Crippen LogP contribution in [0.4, 0.5) is 5.69 Å². The van der Waals surface area contributed by atoms with E-state index in [2.05, 4.69) is 15.5 Å². The number of aromatic nitrogens is 2. The number of methoxy groups -OCH3 is 1. The lowest BCUT2D eigenvalue weighted by Gasteiger charge is -2.10. The number of nitrogens with one attached hydrogen (secondary N) is 1. The maximum absolute atomic E-state index is 12.0. The number of carbonyl (C=O) groups is 1. The van der Waals surface area contributed by atoms with Gasteiger partial charge >= 0.3 is 0 Å². The first-order valence-corrected chi connectivity index (χ1v) is 5.93. The second-order valence-corrected chi connectivity index (χ2v) is 4.29. The molecule has 0 saturated carbocycles. The van der Waals surface area contributed by atoms with Crippen LogP contribution in [0.3, 0.4) is 0 Å². The highest BCUT2D eigenvalue weighted by Gasteiger charge is 2.11. The maximum atomic E-state index is 12.0. The van der Waals surface area contributed by atoms with Crippen molar-refractivity contribution in [3.05, 3.63) is 46.7 Å². The molecular formula is C13H12ClN3O2. The van der Waals surface area contributed by atoms with E-state index in [-0.39, 0.29) is 16.8 Å². The van der Waals surface area contributed by atoms with E-state index < -0.39 is 0 Å². The van der Waals surface area contributed by atoms with Crippen molar-refractivity contribution >= 4 is 23.2 Å². The Kier molecular flexibility index (Phi) is 3.97. The van der Waals surface area contributed by atoms with Crippen molar-refractivity contribution in [3.63, 3.8) is 0 Å². The lowest BCUT2D eigenvalue weighted by molar-refractivity contribution is 0.102. The maximum Gasteiger partial charge on any atom is 0.276 e. The van der Waals surface area contributed by atoms with E-state index >= 15 is 0 Å². The molecule has 0 bridgehead atoms. The van der Waals surface area contributed by atoms with Gasteiger partial charge in [-0.1, -0.05) is 17.7 Å². The van der Waals surface area contributed by atoms with Gasteiger partial charge in [-0.15, -0.1) is 10.2 Å². The van der Waals surface area contributed by atoms with Gasteiger partial charge in [-0.25, -0.2) is 0 Å². The van der Waals surface area contributed by atoms with Crippen LogP contribution in [0.1, 0.15) is 16.1 Å². The third-order valence-corrected chi connectivity index (χ3v) is 2.67. The molecule has 19 heavy (non-hydrogen) atoms. The number of rotatable bonds is 3. The van der Waals surface area contributed by atoms with Crippen LogP contribution in [-0.4, -0.2) is 23.2 Å². The van der Waals surface area contributed by atoms with Crippen LogP contribution < -0.4 is 10.1 Å². The van der Waals surface area contributed by atoms with Crippen LogP contribution >= 0.6 is 11.6 Å². The molecule has 98 valence electrons. The van der Waals surface area contributed by atoms with Crippen molar-refractivity contribution in [1.29, 1.82) is 0 Å². The number of nitrogens with zero attached hydrogens (tertiary/aromatic N) is 2. The lowest BCUT2D eigenvalue weighted by Crippen LogP contribution is -2.15. The van der Waals surface area contributed by atoms with E-state index in [0.717, 1.165) is 5.56 Å². The van der Waals surface area contributed by atoms with Crippen molar-refractivity contribution in [2.24, 2.45) is 0 Å². The van der Waals surface area contributed by atoms with Gasteiger partial charge in [0.1, 0.15) is 5.75 Å². The average molecular weight is 278 g/mol. The van der Waals surface area contributed by atoms with Gasteiger partial charge in [0.05, 0.1) is 12.8 Å². The quantitative estimate of drug-likeness (QED) is 0.937. The van der Waals surface area contributed by atoms with Crippen molar-refractivity contribution in [2.75, 3.05) is 12.4 Å². The number of anilines is 1. The summed E-state index contributed by atoms with van der Waals surface area (Å²) in [4.78, 5) is 12.0. The number of benzene rings is 1. The van der Waals surface area contributed by atoms with Gasteiger partial charge in [-0.05, 0) is 36.8 Å². The van der Waals surface area contributed by atoms with E-state index in [9.17, 15) is 4.79 Å². The lowest BCUT2D eigenvalue weighted by atomic mass is 10.2. The Morgan fingerprint density at radius 3 is 2.68 bits per heavy atom. The van der Waals surface area contributed by atoms with Crippen molar-refractivity contribution in [1.82, 2.24) is 10.2 Å². The number of hydrogen-bond donors (Lipinski definition) is 1.